The lowest BCUT2D eigenvalue weighted by Gasteiger charge is -2.13. The van der Waals surface area contributed by atoms with Crippen molar-refractivity contribution in [1.29, 1.82) is 0 Å². The zero-order chi connectivity index (χ0) is 17.5. The fraction of sp³-hybridized carbons (Fsp3) is 0.238. The molecule has 0 aliphatic carbocycles. The van der Waals surface area contributed by atoms with Gasteiger partial charge in [-0.2, -0.15) is 0 Å². The Morgan fingerprint density at radius 1 is 0.962 bits per heavy atom. The number of pyridine rings is 1. The Morgan fingerprint density at radius 3 is 2.54 bits per heavy atom. The van der Waals surface area contributed by atoms with Gasteiger partial charge in [-0.1, -0.05) is 48.5 Å². The van der Waals surface area contributed by atoms with Crippen molar-refractivity contribution >= 4 is 40.8 Å². The molecule has 0 unspecified atom stereocenters. The number of nitrogens with one attached hydrogen (secondary N) is 2. The van der Waals surface area contributed by atoms with E-state index >= 15 is 0 Å². The van der Waals surface area contributed by atoms with E-state index < -0.39 is 0 Å². The van der Waals surface area contributed by atoms with Crippen LogP contribution < -0.4 is 10.6 Å². The largest absolute Gasteiger partial charge is 0.356 e. The monoisotopic (exact) mass is 460 g/mol. The minimum Gasteiger partial charge on any atom is -0.356 e. The zero-order valence-corrected chi connectivity index (χ0v) is 17.5. The van der Waals surface area contributed by atoms with Gasteiger partial charge in [-0.25, -0.2) is 0 Å². The molecule has 0 saturated heterocycles. The van der Waals surface area contributed by atoms with Crippen molar-refractivity contribution in [1.82, 2.24) is 15.6 Å². The van der Waals surface area contributed by atoms with Crippen LogP contribution in [0.25, 0.3) is 10.9 Å². The molecular formula is C21H25IN4. The number of nitrogens with zero attached hydrogens (tertiary/aromatic N) is 2. The van der Waals surface area contributed by atoms with Crippen molar-refractivity contribution < 1.29 is 0 Å². The van der Waals surface area contributed by atoms with Gasteiger partial charge in [-0.3, -0.25) is 9.98 Å². The van der Waals surface area contributed by atoms with Crippen molar-refractivity contribution in [2.24, 2.45) is 4.99 Å². The Morgan fingerprint density at radius 2 is 1.73 bits per heavy atom. The number of guanidine groups is 1. The van der Waals surface area contributed by atoms with Crippen LogP contribution in [0, 0.1) is 6.92 Å². The molecule has 5 heteroatoms. The zero-order valence-electron chi connectivity index (χ0n) is 15.2. The molecule has 2 aromatic carbocycles. The first kappa shape index (κ1) is 20.2. The number of aliphatic imine (C=N–C) groups is 1. The van der Waals surface area contributed by atoms with Gasteiger partial charge in [0.1, 0.15) is 0 Å². The van der Waals surface area contributed by atoms with Crippen molar-refractivity contribution in [2.75, 3.05) is 13.6 Å². The smallest absolute Gasteiger partial charge is 0.191 e. The van der Waals surface area contributed by atoms with Crippen LogP contribution in [-0.4, -0.2) is 24.5 Å². The molecule has 1 aromatic heterocycles. The van der Waals surface area contributed by atoms with Gasteiger partial charge in [0.05, 0.1) is 5.52 Å². The van der Waals surface area contributed by atoms with E-state index in [9.17, 15) is 0 Å². The molecule has 0 atom stereocenters. The summed E-state index contributed by atoms with van der Waals surface area (Å²) in [5.74, 6) is 0.816. The highest BCUT2D eigenvalue weighted by molar-refractivity contribution is 14.0. The summed E-state index contributed by atoms with van der Waals surface area (Å²) < 4.78 is 0. The summed E-state index contributed by atoms with van der Waals surface area (Å²) in [6.45, 7) is 3.70. The topological polar surface area (TPSA) is 49.3 Å². The lowest BCUT2D eigenvalue weighted by molar-refractivity contribution is 0.794. The number of halogens is 1. The summed E-state index contributed by atoms with van der Waals surface area (Å²) in [7, 11) is 1.80. The fourth-order valence-corrected chi connectivity index (χ4v) is 2.89. The maximum absolute atomic E-state index is 4.51. The second-order valence-corrected chi connectivity index (χ2v) is 6.02. The van der Waals surface area contributed by atoms with Gasteiger partial charge in [-0.05, 0) is 36.1 Å². The Kier molecular flexibility index (Phi) is 7.84. The van der Waals surface area contributed by atoms with Gasteiger partial charge in [0, 0.05) is 31.7 Å². The van der Waals surface area contributed by atoms with E-state index in [0.717, 1.165) is 31.0 Å². The third-order valence-corrected chi connectivity index (χ3v) is 4.33. The lowest BCUT2D eigenvalue weighted by atomic mass is 10.1. The van der Waals surface area contributed by atoms with Crippen molar-refractivity contribution in [3.63, 3.8) is 0 Å². The fourth-order valence-electron chi connectivity index (χ4n) is 2.89. The Labute approximate surface area is 172 Å². The SMILES string of the molecule is CN=C(NCCc1cccc2cccnc12)NCc1ccccc1C.I. The van der Waals surface area contributed by atoms with Gasteiger partial charge in [0.25, 0.3) is 0 Å². The number of rotatable bonds is 5. The molecule has 0 aliphatic rings. The number of aryl methyl sites for hydroxylation is 1. The van der Waals surface area contributed by atoms with Gasteiger partial charge < -0.3 is 10.6 Å². The van der Waals surface area contributed by atoms with E-state index in [1.54, 1.807) is 7.05 Å². The quantitative estimate of drug-likeness (QED) is 0.343. The molecule has 0 radical (unpaired) electrons. The molecular weight excluding hydrogens is 435 g/mol. The lowest BCUT2D eigenvalue weighted by Crippen LogP contribution is -2.38. The van der Waals surface area contributed by atoms with E-state index in [-0.39, 0.29) is 24.0 Å². The van der Waals surface area contributed by atoms with Crippen LogP contribution in [0.15, 0.2) is 65.8 Å². The molecule has 136 valence electrons. The normalized spacial score (nSPS) is 11.1. The number of hydrogen-bond acceptors (Lipinski definition) is 2. The predicted octanol–water partition coefficient (Wildman–Crippen LogP) is 4.07. The second-order valence-electron chi connectivity index (χ2n) is 6.02. The molecule has 4 nitrogen and oxygen atoms in total. The minimum atomic E-state index is 0. The van der Waals surface area contributed by atoms with Crippen LogP contribution in [0.3, 0.4) is 0 Å². The third kappa shape index (κ3) is 5.17. The Bertz CT molecular complexity index is 871. The average Bonchev–Trinajstić information content (AvgIpc) is 2.66. The van der Waals surface area contributed by atoms with Crippen molar-refractivity contribution in [2.45, 2.75) is 19.9 Å². The van der Waals surface area contributed by atoms with Crippen LogP contribution in [0.4, 0.5) is 0 Å². The van der Waals surface area contributed by atoms with Crippen molar-refractivity contribution in [3.8, 4) is 0 Å². The highest BCUT2D eigenvalue weighted by atomic mass is 127. The van der Waals surface area contributed by atoms with E-state index in [1.807, 2.05) is 12.3 Å². The molecule has 0 fully saturated rings. The second kappa shape index (κ2) is 10.1. The van der Waals surface area contributed by atoms with E-state index in [1.165, 1.54) is 22.1 Å². The summed E-state index contributed by atoms with van der Waals surface area (Å²) in [6, 6.07) is 18.8. The number of aromatic nitrogens is 1. The first-order chi connectivity index (χ1) is 12.3. The van der Waals surface area contributed by atoms with Crippen LogP contribution in [0.2, 0.25) is 0 Å². The summed E-state index contributed by atoms with van der Waals surface area (Å²) in [4.78, 5) is 8.82. The highest BCUT2D eigenvalue weighted by Gasteiger charge is 2.03. The van der Waals surface area contributed by atoms with Gasteiger partial charge in [0.2, 0.25) is 0 Å². The molecule has 1 heterocycles. The molecule has 3 aromatic rings. The Balaban J connectivity index is 0.00000243. The maximum Gasteiger partial charge on any atom is 0.191 e. The molecule has 3 rings (SSSR count). The first-order valence-corrected chi connectivity index (χ1v) is 8.59. The average molecular weight is 460 g/mol. The minimum absolute atomic E-state index is 0. The van der Waals surface area contributed by atoms with Crippen LogP contribution in [0.1, 0.15) is 16.7 Å². The van der Waals surface area contributed by atoms with Crippen LogP contribution >= 0.6 is 24.0 Å². The maximum atomic E-state index is 4.51. The first-order valence-electron chi connectivity index (χ1n) is 8.59. The summed E-state index contributed by atoms with van der Waals surface area (Å²) in [6.07, 6.45) is 2.75. The molecule has 0 amide bonds. The number of benzene rings is 2. The van der Waals surface area contributed by atoms with Crippen LogP contribution in [-0.2, 0) is 13.0 Å². The van der Waals surface area contributed by atoms with E-state index in [2.05, 4.69) is 76.1 Å². The van der Waals surface area contributed by atoms with Gasteiger partial charge >= 0.3 is 0 Å². The molecule has 0 aliphatic heterocycles. The molecule has 0 bridgehead atoms. The standard InChI is InChI=1S/C21H24N4.HI/c1-16-7-3-4-8-19(16)15-25-21(22-2)24-14-12-18-10-5-9-17-11-6-13-23-20(17)18;/h3-11,13H,12,14-15H2,1-2H3,(H2,22,24,25);1H. The van der Waals surface area contributed by atoms with Gasteiger partial charge in [-0.15, -0.1) is 24.0 Å². The van der Waals surface area contributed by atoms with Crippen molar-refractivity contribution in [3.05, 3.63) is 77.5 Å². The van der Waals surface area contributed by atoms with Crippen LogP contribution in [0.5, 0.6) is 0 Å². The number of hydrogen-bond donors (Lipinski definition) is 2. The summed E-state index contributed by atoms with van der Waals surface area (Å²) >= 11 is 0. The number of fused-ring (bicyclic) bond motifs is 1. The predicted molar refractivity (Wildman–Crippen MR) is 120 cm³/mol. The van der Waals surface area contributed by atoms with E-state index in [4.69, 9.17) is 0 Å². The number of para-hydroxylation sites is 1. The van der Waals surface area contributed by atoms with E-state index in [0.29, 0.717) is 0 Å². The summed E-state index contributed by atoms with van der Waals surface area (Å²) in [5.41, 5.74) is 4.89. The third-order valence-electron chi connectivity index (χ3n) is 4.33. The summed E-state index contributed by atoms with van der Waals surface area (Å²) in [5, 5.41) is 7.94. The molecule has 0 spiro atoms. The molecule has 0 saturated carbocycles. The highest BCUT2D eigenvalue weighted by Crippen LogP contribution is 2.15. The Hall–Kier alpha value is -2.15. The van der Waals surface area contributed by atoms with Gasteiger partial charge in [0.15, 0.2) is 5.96 Å². The molecule has 2 N–H and O–H groups in total. The molecule has 26 heavy (non-hydrogen) atoms.